The average molecular weight is 494 g/mol. The minimum atomic E-state index is -0.899. The van der Waals surface area contributed by atoms with Gasteiger partial charge in [-0.15, -0.1) is 0 Å². The lowest BCUT2D eigenvalue weighted by atomic mass is 9.95. The van der Waals surface area contributed by atoms with Gasteiger partial charge in [-0.05, 0) is 65.4 Å². The summed E-state index contributed by atoms with van der Waals surface area (Å²) in [5.74, 6) is -1.54. The Morgan fingerprint density at radius 3 is 2.43 bits per heavy atom. The van der Waals surface area contributed by atoms with E-state index in [2.05, 4.69) is 5.32 Å². The van der Waals surface area contributed by atoms with Crippen molar-refractivity contribution in [2.45, 2.75) is 19.8 Å². The Bertz CT molecular complexity index is 1590. The van der Waals surface area contributed by atoms with E-state index in [9.17, 15) is 14.7 Å². The normalized spacial score (nSPS) is 13.5. The molecular weight excluding hydrogens is 469 g/mol. The minimum Gasteiger partial charge on any atom is -0.507 e. The quantitative estimate of drug-likeness (QED) is 0.272. The van der Waals surface area contributed by atoms with Crippen LogP contribution in [0.2, 0.25) is 0 Å². The van der Waals surface area contributed by atoms with Crippen LogP contribution in [0.3, 0.4) is 0 Å². The summed E-state index contributed by atoms with van der Waals surface area (Å²) in [4.78, 5) is 23.9. The molecule has 37 heavy (non-hydrogen) atoms. The Hall–Kier alpha value is -4.71. The van der Waals surface area contributed by atoms with Gasteiger partial charge in [0.05, 0.1) is 12.1 Å². The highest BCUT2D eigenvalue weighted by atomic mass is 19.1. The highest BCUT2D eigenvalue weighted by Crippen LogP contribution is 2.39. The number of amides is 1. The van der Waals surface area contributed by atoms with Gasteiger partial charge in [0.2, 0.25) is 0 Å². The third kappa shape index (κ3) is 4.86. The molecule has 0 aromatic heterocycles. The number of nitrogens with one attached hydrogen (secondary N) is 1. The SMILES string of the molecule is Cc1ccc(C/C=C2\C(=O)Nc3cc(F)c(-c4cccc(-c5ccccc5O)c4)cc32)cc1CC(=O)O. The molecule has 5 nitrogen and oxygen atoms in total. The standard InChI is InChI=1S/C31H24FNO4/c1-18-9-10-19(13-22(18)15-30(35)36)11-12-24-26-16-25(27(32)17-28(26)33-31(24)37)21-6-4-5-20(14-21)23-7-2-3-8-29(23)34/h2-10,12-14,16-17,34H,11,15H2,1H3,(H,33,37)(H,35,36)/b24-12-. The van der Waals surface area contributed by atoms with Crippen LogP contribution in [0.1, 0.15) is 22.3 Å². The van der Waals surface area contributed by atoms with Gasteiger partial charge in [-0.2, -0.15) is 0 Å². The fourth-order valence-electron chi connectivity index (χ4n) is 4.63. The average Bonchev–Trinajstić information content (AvgIpc) is 3.17. The number of para-hydroxylation sites is 1. The molecule has 184 valence electrons. The molecule has 0 fully saturated rings. The summed E-state index contributed by atoms with van der Waals surface area (Å²) < 4.78 is 15.2. The number of aliphatic carboxylic acids is 1. The first-order chi connectivity index (χ1) is 17.8. The number of rotatable bonds is 6. The lowest BCUT2D eigenvalue weighted by molar-refractivity contribution is -0.136. The summed E-state index contributed by atoms with van der Waals surface area (Å²) in [6.07, 6.45) is 2.14. The number of benzene rings is 4. The van der Waals surface area contributed by atoms with Crippen molar-refractivity contribution in [3.05, 3.63) is 113 Å². The predicted molar refractivity (Wildman–Crippen MR) is 142 cm³/mol. The fourth-order valence-corrected chi connectivity index (χ4v) is 4.63. The first-order valence-corrected chi connectivity index (χ1v) is 11.8. The topological polar surface area (TPSA) is 86.6 Å². The van der Waals surface area contributed by atoms with Gasteiger partial charge in [-0.1, -0.05) is 60.7 Å². The second-order valence-corrected chi connectivity index (χ2v) is 9.08. The molecule has 5 rings (SSSR count). The summed E-state index contributed by atoms with van der Waals surface area (Å²) in [6.45, 7) is 1.87. The van der Waals surface area contributed by atoms with E-state index >= 15 is 4.39 Å². The molecule has 6 heteroatoms. The van der Waals surface area contributed by atoms with Crippen molar-refractivity contribution in [1.29, 1.82) is 0 Å². The van der Waals surface area contributed by atoms with Crippen molar-refractivity contribution in [2.24, 2.45) is 0 Å². The van der Waals surface area contributed by atoms with Crippen LogP contribution < -0.4 is 5.32 Å². The maximum absolute atomic E-state index is 15.2. The molecule has 0 atom stereocenters. The molecule has 0 spiro atoms. The Balaban J connectivity index is 1.50. The van der Waals surface area contributed by atoms with Gasteiger partial charge in [0.15, 0.2) is 0 Å². The van der Waals surface area contributed by atoms with Crippen LogP contribution in [0, 0.1) is 12.7 Å². The van der Waals surface area contributed by atoms with E-state index in [-0.39, 0.29) is 18.1 Å². The number of carboxylic acid groups (broad SMARTS) is 1. The number of carbonyl (C=O) groups is 2. The number of carbonyl (C=O) groups excluding carboxylic acids is 1. The van der Waals surface area contributed by atoms with Crippen molar-refractivity contribution in [2.75, 3.05) is 5.32 Å². The first kappa shape index (κ1) is 24.0. The van der Waals surface area contributed by atoms with Crippen molar-refractivity contribution in [1.82, 2.24) is 0 Å². The minimum absolute atomic E-state index is 0.0674. The van der Waals surface area contributed by atoms with Gasteiger partial charge in [0.25, 0.3) is 5.91 Å². The van der Waals surface area contributed by atoms with Crippen LogP contribution in [0.5, 0.6) is 5.75 Å². The van der Waals surface area contributed by atoms with Gasteiger partial charge in [0.1, 0.15) is 11.6 Å². The molecule has 4 aromatic rings. The summed E-state index contributed by atoms with van der Waals surface area (Å²) in [7, 11) is 0. The summed E-state index contributed by atoms with van der Waals surface area (Å²) in [6, 6.07) is 22.8. The van der Waals surface area contributed by atoms with Crippen LogP contribution in [-0.2, 0) is 22.4 Å². The Morgan fingerprint density at radius 2 is 1.68 bits per heavy atom. The van der Waals surface area contributed by atoms with E-state index < -0.39 is 11.8 Å². The van der Waals surface area contributed by atoms with E-state index in [0.29, 0.717) is 39.9 Å². The first-order valence-electron chi connectivity index (χ1n) is 11.8. The van der Waals surface area contributed by atoms with Crippen LogP contribution in [0.15, 0.2) is 84.9 Å². The number of allylic oxidation sites excluding steroid dienone is 1. The largest absolute Gasteiger partial charge is 0.507 e. The third-order valence-corrected chi connectivity index (χ3v) is 6.58. The molecule has 1 amide bonds. The number of aryl methyl sites for hydroxylation is 1. The van der Waals surface area contributed by atoms with Crippen molar-refractivity contribution >= 4 is 23.1 Å². The molecule has 0 bridgehead atoms. The van der Waals surface area contributed by atoms with Crippen molar-refractivity contribution in [3.8, 4) is 28.0 Å². The molecule has 0 saturated heterocycles. The Kier molecular flexibility index (Phi) is 6.32. The van der Waals surface area contributed by atoms with E-state index in [4.69, 9.17) is 5.11 Å². The number of aromatic hydroxyl groups is 1. The molecule has 0 radical (unpaired) electrons. The predicted octanol–water partition coefficient (Wildman–Crippen LogP) is 6.38. The van der Waals surface area contributed by atoms with E-state index in [1.807, 2.05) is 43.3 Å². The second-order valence-electron chi connectivity index (χ2n) is 9.08. The molecular formula is C31H24FNO4. The van der Waals surface area contributed by atoms with E-state index in [1.165, 1.54) is 6.07 Å². The molecule has 3 N–H and O–H groups in total. The molecule has 0 aliphatic carbocycles. The molecule has 1 aliphatic rings. The molecule has 0 unspecified atom stereocenters. The lowest BCUT2D eigenvalue weighted by Gasteiger charge is -2.10. The fraction of sp³-hybridized carbons (Fsp3) is 0.0968. The van der Waals surface area contributed by atoms with Gasteiger partial charge in [-0.3, -0.25) is 9.59 Å². The number of phenols is 1. The van der Waals surface area contributed by atoms with Crippen LogP contribution in [0.4, 0.5) is 10.1 Å². The smallest absolute Gasteiger partial charge is 0.307 e. The molecule has 4 aromatic carbocycles. The Morgan fingerprint density at radius 1 is 0.919 bits per heavy atom. The Labute approximate surface area is 213 Å². The van der Waals surface area contributed by atoms with Crippen molar-refractivity contribution in [3.63, 3.8) is 0 Å². The summed E-state index contributed by atoms with van der Waals surface area (Å²) in [5.41, 5.74) is 6.32. The zero-order valence-corrected chi connectivity index (χ0v) is 20.1. The van der Waals surface area contributed by atoms with Crippen molar-refractivity contribution < 1.29 is 24.2 Å². The van der Waals surface area contributed by atoms with Crippen LogP contribution in [0.25, 0.3) is 27.8 Å². The monoisotopic (exact) mass is 493 g/mol. The van der Waals surface area contributed by atoms with E-state index in [1.54, 1.807) is 42.5 Å². The van der Waals surface area contributed by atoms with E-state index in [0.717, 1.165) is 22.3 Å². The number of anilines is 1. The van der Waals surface area contributed by atoms with Crippen LogP contribution in [-0.4, -0.2) is 22.1 Å². The summed E-state index contributed by atoms with van der Waals surface area (Å²) >= 11 is 0. The zero-order chi connectivity index (χ0) is 26.1. The maximum Gasteiger partial charge on any atom is 0.307 e. The van der Waals surface area contributed by atoms with Gasteiger partial charge in [0, 0.05) is 22.3 Å². The van der Waals surface area contributed by atoms with Gasteiger partial charge in [-0.25, -0.2) is 4.39 Å². The molecule has 1 aliphatic heterocycles. The number of carboxylic acids is 1. The number of hydrogen-bond donors (Lipinski definition) is 3. The van der Waals surface area contributed by atoms with Crippen LogP contribution >= 0.6 is 0 Å². The second kappa shape index (κ2) is 9.74. The summed E-state index contributed by atoms with van der Waals surface area (Å²) in [5, 5.41) is 22.1. The zero-order valence-electron chi connectivity index (χ0n) is 20.1. The number of hydrogen-bond acceptors (Lipinski definition) is 3. The number of phenolic OH excluding ortho intramolecular Hbond substituents is 1. The van der Waals surface area contributed by atoms with Gasteiger partial charge >= 0.3 is 5.97 Å². The maximum atomic E-state index is 15.2. The highest BCUT2D eigenvalue weighted by molar-refractivity contribution is 6.31. The highest BCUT2D eigenvalue weighted by Gasteiger charge is 2.26. The molecule has 0 saturated carbocycles. The lowest BCUT2D eigenvalue weighted by Crippen LogP contribution is -2.04. The number of fused-ring (bicyclic) bond motifs is 1. The van der Waals surface area contributed by atoms with Gasteiger partial charge < -0.3 is 15.5 Å². The number of halogens is 1. The third-order valence-electron chi connectivity index (χ3n) is 6.58. The molecule has 1 heterocycles.